The third kappa shape index (κ3) is 3.54. The lowest BCUT2D eigenvalue weighted by Gasteiger charge is -2.19. The fourth-order valence-electron chi connectivity index (χ4n) is 4.27. The highest BCUT2D eigenvalue weighted by Gasteiger charge is 2.22. The molecule has 0 aliphatic carbocycles. The summed E-state index contributed by atoms with van der Waals surface area (Å²) in [6.07, 6.45) is 0. The summed E-state index contributed by atoms with van der Waals surface area (Å²) in [6, 6.07) is 20.6. The summed E-state index contributed by atoms with van der Waals surface area (Å²) < 4.78 is 19.2. The third-order valence-corrected chi connectivity index (χ3v) is 5.80. The fraction of sp³-hybridized carbons (Fsp3) is 0.115. The van der Waals surface area contributed by atoms with Crippen LogP contribution < -0.4 is 26.0 Å². The van der Waals surface area contributed by atoms with Crippen LogP contribution in [0.5, 0.6) is 11.5 Å². The molecule has 9 nitrogen and oxygen atoms in total. The zero-order valence-electron chi connectivity index (χ0n) is 18.4. The van der Waals surface area contributed by atoms with Crippen molar-refractivity contribution in [2.24, 2.45) is 0 Å². The van der Waals surface area contributed by atoms with Crippen LogP contribution in [-0.4, -0.2) is 28.3 Å². The molecule has 0 atom stereocenters. The average molecular weight is 469 g/mol. The smallest absolute Gasteiger partial charge is 0.336 e. The van der Waals surface area contributed by atoms with Crippen molar-refractivity contribution in [2.75, 3.05) is 18.5 Å². The highest BCUT2D eigenvalue weighted by atomic mass is 16.6. The Morgan fingerprint density at radius 1 is 0.886 bits per heavy atom. The van der Waals surface area contributed by atoms with Crippen molar-refractivity contribution < 1.29 is 18.7 Å². The molecule has 3 aromatic carbocycles. The number of aromatic nitrogens is 2. The first kappa shape index (κ1) is 20.8. The first-order valence-corrected chi connectivity index (χ1v) is 11.0. The van der Waals surface area contributed by atoms with Crippen LogP contribution in [0.15, 0.2) is 86.8 Å². The van der Waals surface area contributed by atoms with Crippen molar-refractivity contribution in [3.8, 4) is 17.2 Å². The highest BCUT2D eigenvalue weighted by Crippen LogP contribution is 2.32. The number of rotatable bonds is 4. The molecule has 9 heteroatoms. The number of carbonyl (C=O) groups is 1. The normalized spacial score (nSPS) is 12.7. The Bertz CT molecular complexity index is 1720. The van der Waals surface area contributed by atoms with Crippen LogP contribution in [0.3, 0.4) is 0 Å². The molecule has 0 spiro atoms. The lowest BCUT2D eigenvalue weighted by molar-refractivity contribution is -0.116. The van der Waals surface area contributed by atoms with E-state index >= 15 is 0 Å². The van der Waals surface area contributed by atoms with Crippen LogP contribution in [0.2, 0.25) is 0 Å². The average Bonchev–Trinajstić information content (AvgIpc) is 3.27. The molecule has 5 aromatic rings. The van der Waals surface area contributed by atoms with Gasteiger partial charge in [-0.1, -0.05) is 30.3 Å². The number of amides is 1. The highest BCUT2D eigenvalue weighted by molar-refractivity contribution is 6.03. The van der Waals surface area contributed by atoms with Gasteiger partial charge in [-0.3, -0.25) is 14.2 Å². The number of hydrogen-bond donors (Lipinski definition) is 1. The van der Waals surface area contributed by atoms with Crippen LogP contribution in [0.1, 0.15) is 0 Å². The summed E-state index contributed by atoms with van der Waals surface area (Å²) in [5, 5.41) is 3.37. The Hall–Kier alpha value is -4.79. The van der Waals surface area contributed by atoms with Crippen LogP contribution in [0.25, 0.3) is 27.8 Å². The van der Waals surface area contributed by atoms with Gasteiger partial charge in [-0.05, 0) is 36.4 Å². The predicted octanol–water partition coefficient (Wildman–Crippen LogP) is 3.31. The van der Waals surface area contributed by atoms with Crippen LogP contribution >= 0.6 is 0 Å². The van der Waals surface area contributed by atoms with Gasteiger partial charge in [0.15, 0.2) is 11.5 Å². The number of fused-ring (bicyclic) bond motifs is 4. The number of carbonyl (C=O) groups excluding carboxylic acids is 1. The monoisotopic (exact) mass is 469 g/mol. The molecule has 3 heterocycles. The molecule has 0 saturated carbocycles. The number of hydrogen-bond acceptors (Lipinski definition) is 6. The summed E-state index contributed by atoms with van der Waals surface area (Å²) in [5.74, 6) is 0.688. The van der Waals surface area contributed by atoms with E-state index in [-0.39, 0.29) is 17.6 Å². The minimum Gasteiger partial charge on any atom is -0.486 e. The number of furan rings is 1. The van der Waals surface area contributed by atoms with Crippen LogP contribution in [-0.2, 0) is 11.3 Å². The van der Waals surface area contributed by atoms with Gasteiger partial charge in [0.25, 0.3) is 0 Å². The van der Waals surface area contributed by atoms with E-state index < -0.39 is 17.2 Å². The summed E-state index contributed by atoms with van der Waals surface area (Å²) in [6.45, 7) is 0.556. The molecule has 174 valence electrons. The first-order chi connectivity index (χ1) is 17.1. The van der Waals surface area contributed by atoms with Crippen LogP contribution in [0.4, 0.5) is 5.69 Å². The lowest BCUT2D eigenvalue weighted by atomic mass is 10.2. The van der Waals surface area contributed by atoms with Gasteiger partial charge in [0.1, 0.15) is 30.9 Å². The molecule has 6 rings (SSSR count). The van der Waals surface area contributed by atoms with Gasteiger partial charge < -0.3 is 19.2 Å². The fourth-order valence-corrected chi connectivity index (χ4v) is 4.27. The number of nitrogens with zero attached hydrogens (tertiary/aromatic N) is 2. The maximum atomic E-state index is 13.6. The van der Waals surface area contributed by atoms with E-state index in [0.29, 0.717) is 47.1 Å². The largest absolute Gasteiger partial charge is 0.486 e. The van der Waals surface area contributed by atoms with E-state index in [1.165, 1.54) is 4.57 Å². The molecular formula is C26H19N3O6. The summed E-state index contributed by atoms with van der Waals surface area (Å²) in [7, 11) is 0. The molecule has 0 unspecified atom stereocenters. The SMILES string of the molecule is O=C(Cn1c(=O)n(-c2ccccc2)c(=O)c2oc3ccccc3c21)Nc1ccc2c(c1)OCCO2. The summed E-state index contributed by atoms with van der Waals surface area (Å²) in [4.78, 5) is 40.0. The van der Waals surface area contributed by atoms with Crippen molar-refractivity contribution in [2.45, 2.75) is 6.54 Å². The second-order valence-corrected chi connectivity index (χ2v) is 8.03. The number of para-hydroxylation sites is 2. The second kappa shape index (κ2) is 8.21. The number of ether oxygens (including phenoxy) is 2. The maximum absolute atomic E-state index is 13.6. The van der Waals surface area contributed by atoms with Crippen molar-refractivity contribution in [3.05, 3.63) is 93.6 Å². The quantitative estimate of drug-likeness (QED) is 0.433. The Labute approximate surface area is 197 Å². The van der Waals surface area contributed by atoms with Gasteiger partial charge in [-0.15, -0.1) is 0 Å². The van der Waals surface area contributed by atoms with Gasteiger partial charge in [-0.25, -0.2) is 9.36 Å². The lowest BCUT2D eigenvalue weighted by Crippen LogP contribution is -2.40. The third-order valence-electron chi connectivity index (χ3n) is 5.80. The van der Waals surface area contributed by atoms with E-state index in [0.717, 1.165) is 4.57 Å². The van der Waals surface area contributed by atoms with Crippen molar-refractivity contribution in [1.29, 1.82) is 0 Å². The van der Waals surface area contributed by atoms with E-state index in [9.17, 15) is 14.4 Å². The molecule has 1 aliphatic heterocycles. The Morgan fingerprint density at radius 3 is 2.46 bits per heavy atom. The van der Waals surface area contributed by atoms with Gasteiger partial charge in [-0.2, -0.15) is 0 Å². The molecule has 1 amide bonds. The molecular weight excluding hydrogens is 450 g/mol. The minimum absolute atomic E-state index is 0.00165. The standard InChI is InChI=1S/C26H19N3O6/c30-22(27-16-10-11-20-21(14-16)34-13-12-33-20)15-28-23-18-8-4-5-9-19(18)35-24(23)25(31)29(26(28)32)17-6-2-1-3-7-17/h1-11,14H,12-13,15H2,(H,27,30). The Morgan fingerprint density at radius 2 is 1.63 bits per heavy atom. The van der Waals surface area contributed by atoms with E-state index in [4.69, 9.17) is 13.9 Å². The van der Waals surface area contributed by atoms with Crippen molar-refractivity contribution in [1.82, 2.24) is 9.13 Å². The molecule has 0 saturated heterocycles. The molecule has 2 aromatic heterocycles. The zero-order chi connectivity index (χ0) is 23.9. The molecule has 1 N–H and O–H groups in total. The Balaban J connectivity index is 1.47. The van der Waals surface area contributed by atoms with Gasteiger partial charge in [0.2, 0.25) is 11.5 Å². The van der Waals surface area contributed by atoms with Crippen LogP contribution in [0, 0.1) is 0 Å². The van der Waals surface area contributed by atoms with E-state index in [1.807, 2.05) is 0 Å². The van der Waals surface area contributed by atoms with Crippen molar-refractivity contribution >= 4 is 33.7 Å². The molecule has 35 heavy (non-hydrogen) atoms. The summed E-state index contributed by atoms with van der Waals surface area (Å²) in [5.41, 5.74) is 0.379. The predicted molar refractivity (Wildman–Crippen MR) is 130 cm³/mol. The van der Waals surface area contributed by atoms with Gasteiger partial charge in [0, 0.05) is 17.1 Å². The van der Waals surface area contributed by atoms with E-state index in [1.54, 1.807) is 72.8 Å². The number of benzene rings is 3. The second-order valence-electron chi connectivity index (χ2n) is 8.03. The van der Waals surface area contributed by atoms with Crippen molar-refractivity contribution in [3.63, 3.8) is 0 Å². The molecule has 1 aliphatic rings. The molecule has 0 fully saturated rings. The Kier molecular flexibility index (Phi) is 4.88. The van der Waals surface area contributed by atoms with E-state index in [2.05, 4.69) is 5.32 Å². The molecule has 0 bridgehead atoms. The molecule has 0 radical (unpaired) electrons. The topological polar surface area (TPSA) is 105 Å². The number of nitrogens with one attached hydrogen (secondary N) is 1. The first-order valence-electron chi connectivity index (χ1n) is 11.0. The van der Waals surface area contributed by atoms with Gasteiger partial charge in [0.05, 0.1) is 5.69 Å². The number of anilines is 1. The maximum Gasteiger partial charge on any atom is 0.336 e. The summed E-state index contributed by atoms with van der Waals surface area (Å²) >= 11 is 0. The zero-order valence-corrected chi connectivity index (χ0v) is 18.4. The minimum atomic E-state index is -0.641. The van der Waals surface area contributed by atoms with Gasteiger partial charge >= 0.3 is 11.2 Å².